The lowest BCUT2D eigenvalue weighted by atomic mass is 10.1. The van der Waals surface area contributed by atoms with Gasteiger partial charge in [-0.05, 0) is 49.3 Å². The molecule has 2 rings (SSSR count). The van der Waals surface area contributed by atoms with Gasteiger partial charge in [0.25, 0.3) is 0 Å². The van der Waals surface area contributed by atoms with Crippen LogP contribution in [0.2, 0.25) is 0 Å². The first-order valence-corrected chi connectivity index (χ1v) is 7.68. The standard InChI is InChI=1S/C14H21NO2S/c1-14(17,9-18-2)8-15-13-6-3-10-7-11(16)4-5-12(10)13/h4-5,7,13,15-17H,3,6,8-9H2,1-2H3. The first-order valence-electron chi connectivity index (χ1n) is 6.28. The van der Waals surface area contributed by atoms with Crippen molar-refractivity contribution in [2.24, 2.45) is 0 Å². The topological polar surface area (TPSA) is 52.5 Å². The molecule has 0 bridgehead atoms. The van der Waals surface area contributed by atoms with E-state index in [-0.39, 0.29) is 0 Å². The Labute approximate surface area is 113 Å². The smallest absolute Gasteiger partial charge is 0.115 e. The number of hydrogen-bond acceptors (Lipinski definition) is 4. The first-order chi connectivity index (χ1) is 8.52. The summed E-state index contributed by atoms with van der Waals surface area (Å²) in [5.74, 6) is 1.07. The van der Waals surface area contributed by atoms with E-state index in [2.05, 4.69) is 5.32 Å². The molecule has 0 saturated carbocycles. The number of thioether (sulfide) groups is 1. The van der Waals surface area contributed by atoms with E-state index in [9.17, 15) is 10.2 Å². The van der Waals surface area contributed by atoms with Crippen LogP contribution in [-0.4, -0.2) is 34.4 Å². The van der Waals surface area contributed by atoms with Crippen LogP contribution in [0.5, 0.6) is 5.75 Å². The third kappa shape index (κ3) is 3.19. The molecule has 18 heavy (non-hydrogen) atoms. The van der Waals surface area contributed by atoms with Crippen LogP contribution in [0.25, 0.3) is 0 Å². The van der Waals surface area contributed by atoms with Crippen molar-refractivity contribution in [3.63, 3.8) is 0 Å². The maximum absolute atomic E-state index is 10.1. The number of benzene rings is 1. The third-order valence-electron chi connectivity index (χ3n) is 3.39. The van der Waals surface area contributed by atoms with Gasteiger partial charge < -0.3 is 15.5 Å². The second-order valence-electron chi connectivity index (χ2n) is 5.29. The summed E-state index contributed by atoms with van der Waals surface area (Å²) in [4.78, 5) is 0. The molecule has 3 N–H and O–H groups in total. The average Bonchev–Trinajstić information content (AvgIpc) is 2.68. The molecule has 0 saturated heterocycles. The van der Waals surface area contributed by atoms with Gasteiger partial charge in [0.15, 0.2) is 0 Å². The van der Waals surface area contributed by atoms with Gasteiger partial charge in [-0.2, -0.15) is 11.8 Å². The molecule has 0 aliphatic heterocycles. The molecule has 0 aromatic heterocycles. The van der Waals surface area contributed by atoms with Gasteiger partial charge in [0.05, 0.1) is 5.60 Å². The Bertz CT molecular complexity index is 420. The molecule has 2 unspecified atom stereocenters. The Kier molecular flexibility index (Phi) is 4.20. The summed E-state index contributed by atoms with van der Waals surface area (Å²) in [5.41, 5.74) is 1.81. The van der Waals surface area contributed by atoms with Crippen molar-refractivity contribution < 1.29 is 10.2 Å². The molecule has 0 amide bonds. The van der Waals surface area contributed by atoms with Crippen molar-refractivity contribution in [1.82, 2.24) is 5.32 Å². The van der Waals surface area contributed by atoms with E-state index in [1.54, 1.807) is 17.8 Å². The Balaban J connectivity index is 1.98. The Morgan fingerprint density at radius 3 is 3.00 bits per heavy atom. The molecule has 100 valence electrons. The second kappa shape index (κ2) is 5.51. The molecular weight excluding hydrogens is 246 g/mol. The number of nitrogens with one attached hydrogen (secondary N) is 1. The van der Waals surface area contributed by atoms with Crippen LogP contribution in [0.4, 0.5) is 0 Å². The van der Waals surface area contributed by atoms with Crippen LogP contribution in [0.3, 0.4) is 0 Å². The summed E-state index contributed by atoms with van der Waals surface area (Å²) < 4.78 is 0. The molecule has 2 atom stereocenters. The summed E-state index contributed by atoms with van der Waals surface area (Å²) in [6.07, 6.45) is 4.03. The lowest BCUT2D eigenvalue weighted by molar-refractivity contribution is 0.0814. The highest BCUT2D eigenvalue weighted by molar-refractivity contribution is 7.98. The minimum absolute atomic E-state index is 0.300. The quantitative estimate of drug-likeness (QED) is 0.764. The number of aliphatic hydroxyl groups is 1. The highest BCUT2D eigenvalue weighted by Gasteiger charge is 2.26. The Morgan fingerprint density at radius 1 is 1.50 bits per heavy atom. The molecule has 0 fully saturated rings. The zero-order valence-electron chi connectivity index (χ0n) is 10.9. The van der Waals surface area contributed by atoms with E-state index in [4.69, 9.17) is 0 Å². The molecule has 4 heteroatoms. The Morgan fingerprint density at radius 2 is 2.28 bits per heavy atom. The largest absolute Gasteiger partial charge is 0.508 e. The molecule has 0 spiro atoms. The monoisotopic (exact) mass is 267 g/mol. The summed E-state index contributed by atoms with van der Waals surface area (Å²) in [6.45, 7) is 2.46. The average molecular weight is 267 g/mol. The molecule has 0 heterocycles. The van der Waals surface area contributed by atoms with Crippen molar-refractivity contribution in [1.29, 1.82) is 0 Å². The first kappa shape index (κ1) is 13.7. The van der Waals surface area contributed by atoms with E-state index in [0.29, 0.717) is 18.3 Å². The molecule has 1 aliphatic rings. The Hall–Kier alpha value is -0.710. The van der Waals surface area contributed by atoms with Gasteiger partial charge in [-0.25, -0.2) is 0 Å². The lowest BCUT2D eigenvalue weighted by Gasteiger charge is -2.25. The van der Waals surface area contributed by atoms with Gasteiger partial charge in [-0.15, -0.1) is 0 Å². The maximum Gasteiger partial charge on any atom is 0.115 e. The predicted octanol–water partition coefficient (Wildman–Crippen LogP) is 2.08. The predicted molar refractivity (Wildman–Crippen MR) is 76.2 cm³/mol. The van der Waals surface area contributed by atoms with E-state index in [0.717, 1.165) is 18.6 Å². The van der Waals surface area contributed by atoms with E-state index in [1.165, 1.54) is 11.1 Å². The van der Waals surface area contributed by atoms with Gasteiger partial charge in [0.2, 0.25) is 0 Å². The maximum atomic E-state index is 10.1. The van der Waals surface area contributed by atoms with E-state index < -0.39 is 5.60 Å². The second-order valence-corrected chi connectivity index (χ2v) is 6.15. The van der Waals surface area contributed by atoms with Gasteiger partial charge in [-0.3, -0.25) is 0 Å². The van der Waals surface area contributed by atoms with Gasteiger partial charge in [0, 0.05) is 18.3 Å². The number of aromatic hydroxyl groups is 1. The number of phenolic OH excluding ortho intramolecular Hbond substituents is 1. The molecule has 0 radical (unpaired) electrons. The van der Waals surface area contributed by atoms with Crippen molar-refractivity contribution >= 4 is 11.8 Å². The van der Waals surface area contributed by atoms with Crippen molar-refractivity contribution in [2.75, 3.05) is 18.6 Å². The minimum atomic E-state index is -0.668. The highest BCUT2D eigenvalue weighted by atomic mass is 32.2. The molecule has 1 aromatic carbocycles. The van der Waals surface area contributed by atoms with Gasteiger partial charge >= 0.3 is 0 Å². The van der Waals surface area contributed by atoms with Gasteiger partial charge in [0.1, 0.15) is 5.75 Å². The number of aryl methyl sites for hydroxylation is 1. The zero-order chi connectivity index (χ0) is 13.2. The molecule has 1 aromatic rings. The summed E-state index contributed by atoms with van der Waals surface area (Å²) >= 11 is 1.66. The SMILES string of the molecule is CSCC(C)(O)CNC1CCc2cc(O)ccc21. The van der Waals surface area contributed by atoms with Crippen LogP contribution < -0.4 is 5.32 Å². The molecule has 1 aliphatic carbocycles. The highest BCUT2D eigenvalue weighted by Crippen LogP contribution is 2.33. The molecule has 3 nitrogen and oxygen atoms in total. The number of fused-ring (bicyclic) bond motifs is 1. The summed E-state index contributed by atoms with van der Waals surface area (Å²) in [5, 5.41) is 23.0. The summed E-state index contributed by atoms with van der Waals surface area (Å²) in [6, 6.07) is 5.86. The van der Waals surface area contributed by atoms with E-state index in [1.807, 2.05) is 25.3 Å². The zero-order valence-corrected chi connectivity index (χ0v) is 11.8. The molecular formula is C14H21NO2S. The van der Waals surface area contributed by atoms with Crippen molar-refractivity contribution in [3.05, 3.63) is 29.3 Å². The van der Waals surface area contributed by atoms with Crippen molar-refractivity contribution in [3.8, 4) is 5.75 Å². The van der Waals surface area contributed by atoms with Crippen LogP contribution in [0.1, 0.15) is 30.5 Å². The fourth-order valence-electron chi connectivity index (χ4n) is 2.52. The summed E-state index contributed by atoms with van der Waals surface area (Å²) in [7, 11) is 0. The lowest BCUT2D eigenvalue weighted by Crippen LogP contribution is -2.41. The normalized spacial score (nSPS) is 21.6. The number of hydrogen-bond donors (Lipinski definition) is 3. The van der Waals surface area contributed by atoms with Crippen LogP contribution in [0.15, 0.2) is 18.2 Å². The fourth-order valence-corrected chi connectivity index (χ4v) is 3.24. The van der Waals surface area contributed by atoms with E-state index >= 15 is 0 Å². The van der Waals surface area contributed by atoms with Crippen molar-refractivity contribution in [2.45, 2.75) is 31.4 Å². The van der Waals surface area contributed by atoms with Crippen LogP contribution in [-0.2, 0) is 6.42 Å². The van der Waals surface area contributed by atoms with Crippen LogP contribution in [0, 0.1) is 0 Å². The number of phenols is 1. The van der Waals surface area contributed by atoms with Crippen LogP contribution >= 0.6 is 11.8 Å². The van der Waals surface area contributed by atoms with Gasteiger partial charge in [-0.1, -0.05) is 6.07 Å². The minimum Gasteiger partial charge on any atom is -0.508 e. The number of rotatable bonds is 5. The third-order valence-corrected chi connectivity index (χ3v) is 4.30. The fraction of sp³-hybridized carbons (Fsp3) is 0.571.